The molecule has 0 atom stereocenters. The van der Waals surface area contributed by atoms with Crippen LogP contribution in [0.25, 0.3) is 0 Å². The third-order valence-electron chi connectivity index (χ3n) is 2.12. The van der Waals surface area contributed by atoms with Gasteiger partial charge in [0.1, 0.15) is 0 Å². The Kier molecular flexibility index (Phi) is 3.22. The molecule has 0 radical (unpaired) electrons. The zero-order valence-electron chi connectivity index (χ0n) is 7.77. The Bertz CT molecular complexity index is 356. The second-order valence-corrected chi connectivity index (χ2v) is 4.85. The SMILES string of the molecule is O=c1[nH]nc(SCCCS)n1C1CC1. The highest BCUT2D eigenvalue weighted by Crippen LogP contribution is 2.35. The van der Waals surface area contributed by atoms with E-state index in [1.807, 2.05) is 0 Å². The number of rotatable bonds is 5. The minimum Gasteiger partial charge on any atom is -0.267 e. The van der Waals surface area contributed by atoms with Crippen LogP contribution < -0.4 is 5.69 Å². The molecular weight excluding hydrogens is 218 g/mol. The van der Waals surface area contributed by atoms with Gasteiger partial charge in [-0.1, -0.05) is 11.8 Å². The van der Waals surface area contributed by atoms with E-state index >= 15 is 0 Å². The van der Waals surface area contributed by atoms with Crippen LogP contribution in [0, 0.1) is 0 Å². The van der Waals surface area contributed by atoms with Crippen molar-refractivity contribution in [2.75, 3.05) is 11.5 Å². The molecule has 0 amide bonds. The van der Waals surface area contributed by atoms with E-state index in [0.717, 1.165) is 35.9 Å². The highest BCUT2D eigenvalue weighted by Gasteiger charge is 2.28. The van der Waals surface area contributed by atoms with Crippen LogP contribution in [0.3, 0.4) is 0 Å². The Labute approximate surface area is 91.9 Å². The molecule has 1 fully saturated rings. The summed E-state index contributed by atoms with van der Waals surface area (Å²) in [6.45, 7) is 0. The maximum Gasteiger partial charge on any atom is 0.344 e. The molecule has 1 aromatic heterocycles. The summed E-state index contributed by atoms with van der Waals surface area (Å²) >= 11 is 5.77. The largest absolute Gasteiger partial charge is 0.344 e. The van der Waals surface area contributed by atoms with Gasteiger partial charge in [0.15, 0.2) is 5.16 Å². The van der Waals surface area contributed by atoms with Gasteiger partial charge >= 0.3 is 5.69 Å². The van der Waals surface area contributed by atoms with Crippen molar-refractivity contribution in [2.45, 2.75) is 30.5 Å². The monoisotopic (exact) mass is 231 g/mol. The molecule has 6 heteroatoms. The van der Waals surface area contributed by atoms with Crippen LogP contribution in [0.1, 0.15) is 25.3 Å². The minimum atomic E-state index is -0.0686. The summed E-state index contributed by atoms with van der Waals surface area (Å²) in [7, 11) is 0. The van der Waals surface area contributed by atoms with Crippen LogP contribution >= 0.6 is 24.4 Å². The van der Waals surface area contributed by atoms with Crippen molar-refractivity contribution in [2.24, 2.45) is 0 Å². The van der Waals surface area contributed by atoms with E-state index in [0.29, 0.717) is 6.04 Å². The van der Waals surface area contributed by atoms with E-state index in [4.69, 9.17) is 0 Å². The van der Waals surface area contributed by atoms with Gasteiger partial charge in [-0.05, 0) is 25.0 Å². The predicted octanol–water partition coefficient (Wildman–Crippen LogP) is 1.32. The van der Waals surface area contributed by atoms with Crippen LogP contribution in [-0.4, -0.2) is 26.3 Å². The number of hydrogen-bond acceptors (Lipinski definition) is 4. The molecule has 0 saturated heterocycles. The topological polar surface area (TPSA) is 50.7 Å². The standard InChI is InChI=1S/C8H13N3OS2/c12-7-9-10-8(14-5-1-4-13)11(7)6-2-3-6/h6,13H,1-5H2,(H,9,12). The van der Waals surface area contributed by atoms with E-state index in [1.165, 1.54) is 0 Å². The average molecular weight is 231 g/mol. The highest BCUT2D eigenvalue weighted by molar-refractivity contribution is 7.99. The maximum absolute atomic E-state index is 11.4. The zero-order valence-corrected chi connectivity index (χ0v) is 9.48. The second kappa shape index (κ2) is 4.44. The fraction of sp³-hybridized carbons (Fsp3) is 0.750. The number of H-pyrrole nitrogens is 1. The van der Waals surface area contributed by atoms with Gasteiger partial charge in [0, 0.05) is 11.8 Å². The summed E-state index contributed by atoms with van der Waals surface area (Å²) in [6, 6.07) is 0.403. The molecule has 1 aliphatic rings. The predicted molar refractivity (Wildman–Crippen MR) is 60.3 cm³/mol. The summed E-state index contributed by atoms with van der Waals surface area (Å²) in [5.74, 6) is 1.85. The van der Waals surface area contributed by atoms with Gasteiger partial charge in [0.2, 0.25) is 0 Å². The van der Waals surface area contributed by atoms with Crippen molar-refractivity contribution in [3.05, 3.63) is 10.5 Å². The van der Waals surface area contributed by atoms with Gasteiger partial charge in [-0.2, -0.15) is 12.6 Å². The quantitative estimate of drug-likeness (QED) is 0.456. The summed E-state index contributed by atoms with van der Waals surface area (Å²) in [4.78, 5) is 11.4. The fourth-order valence-electron chi connectivity index (χ4n) is 1.27. The van der Waals surface area contributed by atoms with E-state index in [-0.39, 0.29) is 5.69 Å². The molecule has 78 valence electrons. The molecule has 4 nitrogen and oxygen atoms in total. The molecule has 1 saturated carbocycles. The highest BCUT2D eigenvalue weighted by atomic mass is 32.2. The molecule has 0 spiro atoms. The second-order valence-electron chi connectivity index (χ2n) is 3.34. The van der Waals surface area contributed by atoms with Crippen LogP contribution in [0.4, 0.5) is 0 Å². The zero-order chi connectivity index (χ0) is 9.97. The lowest BCUT2D eigenvalue weighted by Crippen LogP contribution is -2.16. The van der Waals surface area contributed by atoms with Crippen LogP contribution in [0.15, 0.2) is 9.95 Å². The van der Waals surface area contributed by atoms with Crippen molar-refractivity contribution < 1.29 is 0 Å². The number of aromatic nitrogens is 3. The van der Waals surface area contributed by atoms with Gasteiger partial charge in [0.05, 0.1) is 0 Å². The van der Waals surface area contributed by atoms with E-state index < -0.39 is 0 Å². The van der Waals surface area contributed by atoms with Crippen molar-refractivity contribution in [3.8, 4) is 0 Å². The first-order chi connectivity index (χ1) is 6.83. The number of nitrogens with zero attached hydrogens (tertiary/aromatic N) is 2. The number of aromatic amines is 1. The van der Waals surface area contributed by atoms with Crippen molar-refractivity contribution in [3.63, 3.8) is 0 Å². The smallest absolute Gasteiger partial charge is 0.267 e. The molecule has 2 rings (SSSR count). The Hall–Kier alpha value is -0.360. The molecule has 0 aliphatic heterocycles. The summed E-state index contributed by atoms with van der Waals surface area (Å²) in [5.41, 5.74) is -0.0686. The Morgan fingerprint density at radius 3 is 3.07 bits per heavy atom. The third-order valence-corrected chi connectivity index (χ3v) is 3.47. The number of nitrogens with one attached hydrogen (secondary N) is 1. The Morgan fingerprint density at radius 2 is 2.43 bits per heavy atom. The lowest BCUT2D eigenvalue weighted by Gasteiger charge is -2.01. The first-order valence-electron chi connectivity index (χ1n) is 4.73. The van der Waals surface area contributed by atoms with E-state index in [2.05, 4.69) is 22.8 Å². The number of hydrogen-bond donors (Lipinski definition) is 2. The van der Waals surface area contributed by atoms with Crippen molar-refractivity contribution in [1.82, 2.24) is 14.8 Å². The average Bonchev–Trinajstić information content (AvgIpc) is 2.93. The minimum absolute atomic E-state index is 0.0686. The lowest BCUT2D eigenvalue weighted by atomic mass is 10.6. The van der Waals surface area contributed by atoms with Gasteiger partial charge in [-0.3, -0.25) is 4.57 Å². The van der Waals surface area contributed by atoms with Gasteiger partial charge in [-0.15, -0.1) is 5.10 Å². The summed E-state index contributed by atoms with van der Waals surface area (Å²) < 4.78 is 1.78. The Morgan fingerprint density at radius 1 is 1.64 bits per heavy atom. The summed E-state index contributed by atoms with van der Waals surface area (Å²) in [6.07, 6.45) is 3.26. The van der Waals surface area contributed by atoms with Crippen LogP contribution in [-0.2, 0) is 0 Å². The van der Waals surface area contributed by atoms with Crippen LogP contribution in [0.2, 0.25) is 0 Å². The Balaban J connectivity index is 2.05. The van der Waals surface area contributed by atoms with E-state index in [9.17, 15) is 4.79 Å². The molecule has 1 aliphatic carbocycles. The molecule has 14 heavy (non-hydrogen) atoms. The fourth-order valence-corrected chi connectivity index (χ4v) is 2.60. The normalized spacial score (nSPS) is 16.1. The number of thioether (sulfide) groups is 1. The molecule has 1 aromatic rings. The molecule has 0 bridgehead atoms. The first-order valence-corrected chi connectivity index (χ1v) is 6.35. The lowest BCUT2D eigenvalue weighted by molar-refractivity contribution is 0.642. The molecule has 0 aromatic carbocycles. The molecule has 1 N–H and O–H groups in total. The first kappa shape index (κ1) is 10.2. The molecule has 1 heterocycles. The molecular formula is C8H13N3OS2. The molecule has 0 unspecified atom stereocenters. The van der Waals surface area contributed by atoms with E-state index in [1.54, 1.807) is 16.3 Å². The summed E-state index contributed by atoms with van der Waals surface area (Å²) in [5, 5.41) is 7.35. The number of thiol groups is 1. The van der Waals surface area contributed by atoms with Crippen LogP contribution in [0.5, 0.6) is 0 Å². The third kappa shape index (κ3) is 2.17. The van der Waals surface area contributed by atoms with Gasteiger partial charge < -0.3 is 0 Å². The maximum atomic E-state index is 11.4. The van der Waals surface area contributed by atoms with Crippen molar-refractivity contribution in [1.29, 1.82) is 0 Å². The van der Waals surface area contributed by atoms with Gasteiger partial charge in [-0.25, -0.2) is 9.89 Å². The van der Waals surface area contributed by atoms with Crippen molar-refractivity contribution >= 4 is 24.4 Å². The van der Waals surface area contributed by atoms with Gasteiger partial charge in [0.25, 0.3) is 0 Å².